The van der Waals surface area contributed by atoms with Gasteiger partial charge in [0.05, 0.1) is 24.0 Å². The largest absolute Gasteiger partial charge is 0.496 e. The third-order valence-electron chi connectivity index (χ3n) is 3.30. The van der Waals surface area contributed by atoms with E-state index < -0.39 is 5.82 Å². The number of carbonyl (C=O) groups excluding carboxylic acids is 1. The van der Waals surface area contributed by atoms with Gasteiger partial charge >= 0.3 is 0 Å². The van der Waals surface area contributed by atoms with Gasteiger partial charge in [-0.1, -0.05) is 23.9 Å². The highest BCUT2D eigenvalue weighted by Crippen LogP contribution is 2.29. The molecule has 5 nitrogen and oxygen atoms in total. The summed E-state index contributed by atoms with van der Waals surface area (Å²) in [6, 6.07) is 11.3. The van der Waals surface area contributed by atoms with E-state index in [9.17, 15) is 9.18 Å². The van der Waals surface area contributed by atoms with Crippen LogP contribution in [0.5, 0.6) is 5.75 Å². The van der Waals surface area contributed by atoms with Crippen LogP contribution in [0.2, 0.25) is 0 Å². The van der Waals surface area contributed by atoms with E-state index in [0.717, 1.165) is 27.9 Å². The highest BCUT2D eigenvalue weighted by molar-refractivity contribution is 9.10. The van der Waals surface area contributed by atoms with Gasteiger partial charge in [0.15, 0.2) is 5.78 Å². The number of aromatic nitrogens is 2. The van der Waals surface area contributed by atoms with Crippen molar-refractivity contribution >= 4 is 33.5 Å². The predicted molar refractivity (Wildman–Crippen MR) is 95.4 cm³/mol. The van der Waals surface area contributed by atoms with E-state index in [1.165, 1.54) is 19.2 Å². The molecule has 2 aromatic carbocycles. The standard InChI is InChI=1S/C17H12BrFN2O3S/c1-23-15-7-6-10(19)8-12(15)14(22)9-25-17-21-20-16(24-17)11-4-2-3-5-13(11)18/h2-8H,9H2,1H3. The van der Waals surface area contributed by atoms with Crippen LogP contribution in [0.15, 0.2) is 56.6 Å². The number of rotatable bonds is 6. The Morgan fingerprint density at radius 2 is 2.08 bits per heavy atom. The number of carbonyl (C=O) groups is 1. The van der Waals surface area contributed by atoms with E-state index in [0.29, 0.717) is 11.6 Å². The number of nitrogens with zero attached hydrogens (tertiary/aromatic N) is 2. The van der Waals surface area contributed by atoms with Crippen molar-refractivity contribution in [2.45, 2.75) is 5.22 Å². The summed E-state index contributed by atoms with van der Waals surface area (Å²) in [5.74, 6) is -0.0837. The molecule has 0 atom stereocenters. The lowest BCUT2D eigenvalue weighted by Gasteiger charge is -2.06. The maximum atomic E-state index is 13.4. The maximum absolute atomic E-state index is 13.4. The minimum absolute atomic E-state index is 0.0252. The van der Waals surface area contributed by atoms with Crippen LogP contribution in [-0.4, -0.2) is 28.8 Å². The van der Waals surface area contributed by atoms with Crippen LogP contribution in [0.25, 0.3) is 11.5 Å². The number of halogens is 2. The summed E-state index contributed by atoms with van der Waals surface area (Å²) in [5, 5.41) is 8.17. The zero-order valence-electron chi connectivity index (χ0n) is 13.0. The molecule has 25 heavy (non-hydrogen) atoms. The second-order valence-corrected chi connectivity index (χ2v) is 6.69. The van der Waals surface area contributed by atoms with E-state index in [4.69, 9.17) is 9.15 Å². The van der Waals surface area contributed by atoms with Crippen molar-refractivity contribution in [1.82, 2.24) is 10.2 Å². The van der Waals surface area contributed by atoms with Crippen LogP contribution in [0.4, 0.5) is 4.39 Å². The van der Waals surface area contributed by atoms with Crippen LogP contribution in [0, 0.1) is 5.82 Å². The Morgan fingerprint density at radius 1 is 1.28 bits per heavy atom. The van der Waals surface area contributed by atoms with Crippen molar-refractivity contribution in [3.05, 3.63) is 58.3 Å². The molecule has 0 saturated carbocycles. The van der Waals surface area contributed by atoms with E-state index in [1.54, 1.807) is 0 Å². The van der Waals surface area contributed by atoms with Gasteiger partial charge in [-0.15, -0.1) is 10.2 Å². The first-order valence-electron chi connectivity index (χ1n) is 7.16. The van der Waals surface area contributed by atoms with Crippen molar-refractivity contribution in [3.8, 4) is 17.2 Å². The van der Waals surface area contributed by atoms with Crippen LogP contribution >= 0.6 is 27.7 Å². The zero-order chi connectivity index (χ0) is 17.8. The molecule has 0 N–H and O–H groups in total. The fourth-order valence-electron chi connectivity index (χ4n) is 2.11. The summed E-state index contributed by atoms with van der Waals surface area (Å²) in [4.78, 5) is 12.3. The normalized spacial score (nSPS) is 10.7. The number of ketones is 1. The van der Waals surface area contributed by atoms with Crippen molar-refractivity contribution in [2.75, 3.05) is 12.9 Å². The lowest BCUT2D eigenvalue weighted by molar-refractivity contribution is 0.101. The lowest BCUT2D eigenvalue weighted by atomic mass is 10.1. The Kier molecular flexibility index (Phi) is 5.50. The Labute approximate surface area is 155 Å². The molecule has 128 valence electrons. The van der Waals surface area contributed by atoms with Gasteiger partial charge in [-0.2, -0.15) is 0 Å². The molecular formula is C17H12BrFN2O3S. The quantitative estimate of drug-likeness (QED) is 0.426. The molecule has 3 aromatic rings. The molecule has 0 fully saturated rings. The van der Waals surface area contributed by atoms with Gasteiger partial charge < -0.3 is 9.15 Å². The third kappa shape index (κ3) is 4.08. The van der Waals surface area contributed by atoms with Crippen molar-refractivity contribution in [1.29, 1.82) is 0 Å². The average molecular weight is 423 g/mol. The fourth-order valence-corrected chi connectivity index (χ4v) is 3.22. The number of hydrogen-bond donors (Lipinski definition) is 0. The summed E-state index contributed by atoms with van der Waals surface area (Å²) in [5.41, 5.74) is 0.945. The second kappa shape index (κ2) is 7.79. The Morgan fingerprint density at radius 3 is 2.84 bits per heavy atom. The Balaban J connectivity index is 1.72. The molecule has 0 bridgehead atoms. The minimum atomic E-state index is -0.497. The molecule has 1 aromatic heterocycles. The lowest BCUT2D eigenvalue weighted by Crippen LogP contribution is -2.05. The summed E-state index contributed by atoms with van der Waals surface area (Å²) >= 11 is 4.51. The number of Topliss-reactive ketones (excluding diaryl/α,β-unsaturated/α-hetero) is 1. The number of hydrogen-bond acceptors (Lipinski definition) is 6. The first kappa shape index (κ1) is 17.6. The van der Waals surface area contributed by atoms with E-state index >= 15 is 0 Å². The Bertz CT molecular complexity index is 916. The van der Waals surface area contributed by atoms with Gasteiger partial charge in [-0.05, 0) is 46.3 Å². The van der Waals surface area contributed by atoms with Crippen molar-refractivity contribution in [3.63, 3.8) is 0 Å². The summed E-state index contributed by atoms with van der Waals surface area (Å²) in [7, 11) is 1.43. The smallest absolute Gasteiger partial charge is 0.277 e. The first-order chi connectivity index (χ1) is 12.1. The molecule has 1 heterocycles. The summed E-state index contributed by atoms with van der Waals surface area (Å²) in [6.45, 7) is 0. The van der Waals surface area contributed by atoms with Crippen LogP contribution in [0.1, 0.15) is 10.4 Å². The molecule has 0 radical (unpaired) electrons. The average Bonchev–Trinajstić information content (AvgIpc) is 3.08. The van der Waals surface area contributed by atoms with Crippen molar-refractivity contribution in [2.24, 2.45) is 0 Å². The Hall–Kier alpha value is -2.19. The summed E-state index contributed by atoms with van der Waals surface area (Å²) in [6.07, 6.45) is 0. The monoisotopic (exact) mass is 422 g/mol. The van der Waals surface area contributed by atoms with Gasteiger partial charge in [0, 0.05) is 4.47 Å². The van der Waals surface area contributed by atoms with E-state index in [1.807, 2.05) is 24.3 Å². The van der Waals surface area contributed by atoms with E-state index in [-0.39, 0.29) is 22.3 Å². The fraction of sp³-hybridized carbons (Fsp3) is 0.118. The number of ether oxygens (including phenoxy) is 1. The van der Waals surface area contributed by atoms with E-state index in [2.05, 4.69) is 26.1 Å². The van der Waals surface area contributed by atoms with Gasteiger partial charge in [0.25, 0.3) is 5.22 Å². The maximum Gasteiger partial charge on any atom is 0.277 e. The van der Waals surface area contributed by atoms with Crippen LogP contribution in [0.3, 0.4) is 0 Å². The van der Waals surface area contributed by atoms with Crippen LogP contribution < -0.4 is 4.74 Å². The molecule has 0 saturated heterocycles. The number of methoxy groups -OCH3 is 1. The number of benzene rings is 2. The molecule has 0 aliphatic carbocycles. The first-order valence-corrected chi connectivity index (χ1v) is 8.94. The topological polar surface area (TPSA) is 65.2 Å². The van der Waals surface area contributed by atoms with Gasteiger partial charge in [-0.25, -0.2) is 4.39 Å². The third-order valence-corrected chi connectivity index (χ3v) is 4.81. The molecule has 8 heteroatoms. The van der Waals surface area contributed by atoms with Crippen molar-refractivity contribution < 1.29 is 18.3 Å². The SMILES string of the molecule is COc1ccc(F)cc1C(=O)CSc1nnc(-c2ccccc2Br)o1. The molecule has 0 aliphatic rings. The minimum Gasteiger partial charge on any atom is -0.496 e. The highest BCUT2D eigenvalue weighted by Gasteiger charge is 2.17. The summed E-state index contributed by atoms with van der Waals surface area (Å²) < 4.78 is 24.9. The van der Waals surface area contributed by atoms with Crippen LogP contribution in [-0.2, 0) is 0 Å². The molecule has 0 amide bonds. The molecule has 3 rings (SSSR count). The van der Waals surface area contributed by atoms with Gasteiger partial charge in [-0.3, -0.25) is 4.79 Å². The number of thioether (sulfide) groups is 1. The second-order valence-electron chi connectivity index (χ2n) is 4.91. The predicted octanol–water partition coefficient (Wildman–Crippen LogP) is 4.62. The zero-order valence-corrected chi connectivity index (χ0v) is 15.4. The van der Waals surface area contributed by atoms with Gasteiger partial charge in [0.2, 0.25) is 5.89 Å². The molecular weight excluding hydrogens is 411 g/mol. The molecule has 0 aliphatic heterocycles. The highest BCUT2D eigenvalue weighted by atomic mass is 79.9. The van der Waals surface area contributed by atoms with Gasteiger partial charge in [0.1, 0.15) is 11.6 Å². The molecule has 0 unspecified atom stereocenters. The molecule has 0 spiro atoms.